The van der Waals surface area contributed by atoms with E-state index in [-0.39, 0.29) is 32.1 Å². The summed E-state index contributed by atoms with van der Waals surface area (Å²) in [6, 6.07) is 25.8. The molecule has 1 aromatic heterocycles. The monoisotopic (exact) mass is 592 g/mol. The Balaban J connectivity index is 1.23. The number of phosphoric ester groups is 1. The number of ether oxygens (including phenoxy) is 2. The zero-order valence-electron chi connectivity index (χ0n) is 23.4. The summed E-state index contributed by atoms with van der Waals surface area (Å²) in [4.78, 5) is 16.9. The van der Waals surface area contributed by atoms with E-state index < -0.39 is 31.9 Å². The van der Waals surface area contributed by atoms with E-state index in [9.17, 15) is 14.5 Å². The van der Waals surface area contributed by atoms with E-state index in [2.05, 4.69) is 4.98 Å². The van der Waals surface area contributed by atoms with Crippen molar-refractivity contribution in [3.8, 4) is 11.6 Å². The van der Waals surface area contributed by atoms with Gasteiger partial charge in [0.05, 0.1) is 25.9 Å². The van der Waals surface area contributed by atoms with Gasteiger partial charge in [0.2, 0.25) is 5.88 Å². The number of para-hydroxylation sites is 1. The molecule has 1 fully saturated rings. The lowest BCUT2D eigenvalue weighted by molar-refractivity contribution is -0.0488. The van der Waals surface area contributed by atoms with Gasteiger partial charge in [-0.2, -0.15) is 4.98 Å². The molecule has 0 aliphatic carbocycles. The summed E-state index contributed by atoms with van der Waals surface area (Å²) in [5, 5.41) is 10.7. The molecule has 220 valence electrons. The summed E-state index contributed by atoms with van der Waals surface area (Å²) < 4.78 is 43.6. The van der Waals surface area contributed by atoms with E-state index in [1.165, 1.54) is 10.8 Å². The summed E-state index contributed by atoms with van der Waals surface area (Å²) in [7, 11) is -4.07. The minimum absolute atomic E-state index is 0.00111. The Morgan fingerprint density at radius 1 is 0.881 bits per heavy atom. The van der Waals surface area contributed by atoms with Crippen LogP contribution in [-0.4, -0.2) is 33.5 Å². The highest BCUT2D eigenvalue weighted by atomic mass is 31.2. The van der Waals surface area contributed by atoms with Crippen LogP contribution >= 0.6 is 7.82 Å². The Hall–Kier alpha value is -3.63. The largest absolute Gasteiger partial charge is 0.475 e. The average molecular weight is 593 g/mol. The molecule has 1 N–H and O–H groups in total. The lowest BCUT2D eigenvalue weighted by Gasteiger charge is -2.21. The molecule has 1 saturated heterocycles. The predicted molar refractivity (Wildman–Crippen MR) is 155 cm³/mol. The van der Waals surface area contributed by atoms with Gasteiger partial charge < -0.3 is 14.6 Å². The van der Waals surface area contributed by atoms with E-state index in [1.807, 2.05) is 92.7 Å². The quantitative estimate of drug-likeness (QED) is 0.202. The number of aromatic nitrogens is 2. The Morgan fingerprint density at radius 3 is 2.05 bits per heavy atom. The third-order valence-corrected chi connectivity index (χ3v) is 8.15. The van der Waals surface area contributed by atoms with E-state index in [0.717, 1.165) is 22.3 Å². The second kappa shape index (κ2) is 13.6. The third-order valence-electron chi connectivity index (χ3n) is 6.80. The van der Waals surface area contributed by atoms with Crippen LogP contribution in [-0.2, 0) is 36.1 Å². The number of benzene rings is 3. The molecule has 0 unspecified atom stereocenters. The lowest BCUT2D eigenvalue weighted by atomic mass is 10.1. The standard InChI is InChI=1S/C31H33N2O8P/c1-22-10-9-11-23(2)30(22)41-28-16-17-33(31(35)32-28)29-18-26(34)27(40-29)21-39-42(36,37-19-24-12-5-3-6-13-24)38-20-25-14-7-4-8-15-25/h3-17,26-27,29,34H,18-21H2,1-2H3/t26-,27+,29+/m0/s1. The van der Waals surface area contributed by atoms with E-state index in [0.29, 0.717) is 5.75 Å². The smallest absolute Gasteiger partial charge is 0.438 e. The Morgan fingerprint density at radius 2 is 1.48 bits per heavy atom. The predicted octanol–water partition coefficient (Wildman–Crippen LogP) is 5.86. The topological polar surface area (TPSA) is 118 Å². The molecule has 0 amide bonds. The van der Waals surface area contributed by atoms with E-state index >= 15 is 0 Å². The van der Waals surface area contributed by atoms with Crippen molar-refractivity contribution >= 4 is 7.82 Å². The molecule has 2 heterocycles. The highest BCUT2D eigenvalue weighted by Crippen LogP contribution is 2.51. The molecular weight excluding hydrogens is 559 g/mol. The number of aliphatic hydroxyl groups excluding tert-OH is 1. The normalized spacial score (nSPS) is 18.7. The maximum Gasteiger partial charge on any atom is 0.475 e. The van der Waals surface area contributed by atoms with Crippen LogP contribution in [0, 0.1) is 13.8 Å². The van der Waals surface area contributed by atoms with E-state index in [1.54, 1.807) is 6.07 Å². The van der Waals surface area contributed by atoms with Gasteiger partial charge in [0.1, 0.15) is 18.1 Å². The number of rotatable bonds is 12. The van der Waals surface area contributed by atoms with Crippen molar-refractivity contribution in [1.29, 1.82) is 0 Å². The van der Waals surface area contributed by atoms with Gasteiger partial charge in [0, 0.05) is 18.7 Å². The summed E-state index contributed by atoms with van der Waals surface area (Å²) in [6.45, 7) is 3.55. The second-order valence-corrected chi connectivity index (χ2v) is 11.6. The summed E-state index contributed by atoms with van der Waals surface area (Å²) in [5.74, 6) is 0.791. The van der Waals surface area contributed by atoms with Gasteiger partial charge >= 0.3 is 13.5 Å². The Labute approximate surface area is 244 Å². The van der Waals surface area contributed by atoms with Gasteiger partial charge in [0.25, 0.3) is 0 Å². The first kappa shape index (κ1) is 29.8. The number of phosphoric acid groups is 1. The van der Waals surface area contributed by atoms with Crippen LogP contribution in [0.25, 0.3) is 0 Å². The van der Waals surface area contributed by atoms with Crippen molar-refractivity contribution in [3.05, 3.63) is 124 Å². The number of hydrogen-bond donors (Lipinski definition) is 1. The van der Waals surface area contributed by atoms with Gasteiger partial charge in [-0.05, 0) is 36.1 Å². The molecule has 0 bridgehead atoms. The molecule has 4 aromatic rings. The molecule has 11 heteroatoms. The second-order valence-electron chi connectivity index (χ2n) is 9.97. The van der Waals surface area contributed by atoms with Crippen LogP contribution < -0.4 is 10.4 Å². The molecule has 3 aromatic carbocycles. The first-order valence-electron chi connectivity index (χ1n) is 13.6. The summed E-state index contributed by atoms with van der Waals surface area (Å²) in [6.07, 6.45) is -1.08. The van der Waals surface area contributed by atoms with Crippen LogP contribution in [0.15, 0.2) is 95.9 Å². The van der Waals surface area contributed by atoms with Crippen molar-refractivity contribution in [2.75, 3.05) is 6.61 Å². The molecular formula is C31H33N2O8P. The van der Waals surface area contributed by atoms with Gasteiger partial charge in [-0.25, -0.2) is 9.36 Å². The fourth-order valence-corrected chi connectivity index (χ4v) is 5.67. The first-order valence-corrected chi connectivity index (χ1v) is 15.0. The van der Waals surface area contributed by atoms with Crippen molar-refractivity contribution in [1.82, 2.24) is 9.55 Å². The van der Waals surface area contributed by atoms with Crippen LogP contribution in [0.2, 0.25) is 0 Å². The summed E-state index contributed by atoms with van der Waals surface area (Å²) >= 11 is 0. The molecule has 0 radical (unpaired) electrons. The molecule has 1 aliphatic heterocycles. The van der Waals surface area contributed by atoms with Crippen LogP contribution in [0.4, 0.5) is 0 Å². The number of aliphatic hydroxyl groups is 1. The van der Waals surface area contributed by atoms with Crippen molar-refractivity contribution < 1.29 is 32.7 Å². The highest BCUT2D eigenvalue weighted by Gasteiger charge is 2.38. The molecule has 0 saturated carbocycles. The third kappa shape index (κ3) is 7.60. The van der Waals surface area contributed by atoms with Crippen LogP contribution in [0.1, 0.15) is 34.9 Å². The lowest BCUT2D eigenvalue weighted by Crippen LogP contribution is -2.28. The molecule has 5 rings (SSSR count). The minimum Gasteiger partial charge on any atom is -0.438 e. The zero-order chi connectivity index (χ0) is 29.5. The van der Waals surface area contributed by atoms with Gasteiger partial charge in [-0.3, -0.25) is 18.1 Å². The number of aryl methyl sites for hydroxylation is 2. The molecule has 1 aliphatic rings. The number of hydrogen-bond acceptors (Lipinski definition) is 9. The van der Waals surface area contributed by atoms with Gasteiger partial charge in [-0.1, -0.05) is 78.9 Å². The molecule has 42 heavy (non-hydrogen) atoms. The highest BCUT2D eigenvalue weighted by molar-refractivity contribution is 7.48. The number of nitrogens with zero attached hydrogens (tertiary/aromatic N) is 2. The minimum atomic E-state index is -4.07. The summed E-state index contributed by atoms with van der Waals surface area (Å²) in [5.41, 5.74) is 2.82. The van der Waals surface area contributed by atoms with Crippen LogP contribution in [0.3, 0.4) is 0 Å². The molecule has 0 spiro atoms. The molecule has 3 atom stereocenters. The Kier molecular flexibility index (Phi) is 9.64. The van der Waals surface area contributed by atoms with Gasteiger partial charge in [-0.15, -0.1) is 0 Å². The zero-order valence-corrected chi connectivity index (χ0v) is 24.3. The fourth-order valence-electron chi connectivity index (χ4n) is 4.51. The van der Waals surface area contributed by atoms with Gasteiger partial charge in [0.15, 0.2) is 0 Å². The first-order chi connectivity index (χ1) is 20.3. The Bertz CT molecular complexity index is 1510. The van der Waals surface area contributed by atoms with Crippen molar-refractivity contribution in [3.63, 3.8) is 0 Å². The van der Waals surface area contributed by atoms with E-state index in [4.69, 9.17) is 23.0 Å². The average Bonchev–Trinajstić information content (AvgIpc) is 3.37. The van der Waals surface area contributed by atoms with Crippen molar-refractivity contribution in [2.45, 2.75) is 51.9 Å². The SMILES string of the molecule is Cc1cccc(C)c1Oc1ccn([C@H]2C[C@H](O)[C@@H](COP(=O)(OCc3ccccc3)OCc3ccccc3)O2)c(=O)n1. The van der Waals surface area contributed by atoms with Crippen LogP contribution in [0.5, 0.6) is 11.6 Å². The van der Waals surface area contributed by atoms with Crippen molar-refractivity contribution in [2.24, 2.45) is 0 Å². The fraction of sp³-hybridized carbons (Fsp3) is 0.290. The molecule has 10 nitrogen and oxygen atoms in total. The maximum atomic E-state index is 13.6. The maximum absolute atomic E-state index is 13.6.